The zero-order valence-corrected chi connectivity index (χ0v) is 17.9. The van der Waals surface area contributed by atoms with Crippen LogP contribution in [0.1, 0.15) is 25.1 Å². The first kappa shape index (κ1) is 22.4. The predicted molar refractivity (Wildman–Crippen MR) is 115 cm³/mol. The number of carbonyl (C=O) groups is 1. The molecule has 1 saturated heterocycles. The van der Waals surface area contributed by atoms with E-state index in [2.05, 4.69) is 9.97 Å². The minimum Gasteiger partial charge on any atom is -0.488 e. The van der Waals surface area contributed by atoms with Crippen molar-refractivity contribution in [2.45, 2.75) is 20.0 Å². The van der Waals surface area contributed by atoms with Crippen molar-refractivity contribution >= 4 is 23.1 Å². The minimum atomic E-state index is -0.577. The van der Waals surface area contributed by atoms with Gasteiger partial charge in [-0.2, -0.15) is 0 Å². The molecule has 3 rings (SSSR count). The molecule has 166 valence electrons. The summed E-state index contributed by atoms with van der Waals surface area (Å²) < 4.78 is 24.5. The van der Waals surface area contributed by atoms with Crippen LogP contribution >= 0.6 is 0 Å². The quantitative estimate of drug-likeness (QED) is 0.507. The van der Waals surface area contributed by atoms with E-state index in [9.17, 15) is 9.18 Å². The van der Waals surface area contributed by atoms with Crippen LogP contribution in [0.5, 0.6) is 5.75 Å². The van der Waals surface area contributed by atoms with E-state index in [0.29, 0.717) is 43.3 Å². The van der Waals surface area contributed by atoms with Crippen LogP contribution in [0.2, 0.25) is 0 Å². The van der Waals surface area contributed by atoms with Gasteiger partial charge in [0.15, 0.2) is 11.6 Å². The first-order chi connectivity index (χ1) is 14.8. The molecule has 0 atom stereocenters. The number of anilines is 2. The van der Waals surface area contributed by atoms with Crippen molar-refractivity contribution in [3.8, 4) is 5.75 Å². The first-order valence-corrected chi connectivity index (χ1v) is 9.98. The fraction of sp³-hybridized carbons (Fsp3) is 0.429. The van der Waals surface area contributed by atoms with Crippen LogP contribution in [0.4, 0.5) is 15.9 Å². The number of hydrogen-bond donors (Lipinski definition) is 2. The van der Waals surface area contributed by atoms with Crippen molar-refractivity contribution in [2.24, 2.45) is 0 Å². The lowest BCUT2D eigenvalue weighted by atomic mass is 10.0. The molecule has 0 saturated carbocycles. The number of piperazine rings is 1. The highest BCUT2D eigenvalue weighted by atomic mass is 19.1. The Morgan fingerprint density at radius 1 is 1.23 bits per heavy atom. The van der Waals surface area contributed by atoms with Crippen LogP contribution in [0.15, 0.2) is 24.5 Å². The number of benzene rings is 1. The maximum Gasteiger partial charge on any atom is 0.248 e. The summed E-state index contributed by atoms with van der Waals surface area (Å²) in [5.74, 6) is 0.0635. The molecular weight excluding hydrogens is 403 g/mol. The second-order valence-electron chi connectivity index (χ2n) is 7.47. The Balaban J connectivity index is 1.78. The van der Waals surface area contributed by atoms with Crippen LogP contribution in [-0.2, 0) is 9.53 Å². The molecule has 1 aliphatic heterocycles. The summed E-state index contributed by atoms with van der Waals surface area (Å²) >= 11 is 0. The Labute approximate surface area is 180 Å². The van der Waals surface area contributed by atoms with E-state index >= 15 is 0 Å². The number of rotatable bonds is 7. The second kappa shape index (κ2) is 9.69. The number of hydrogen-bond acceptors (Lipinski definition) is 8. The molecule has 2 heterocycles. The highest BCUT2D eigenvalue weighted by Crippen LogP contribution is 2.27. The Morgan fingerprint density at radius 3 is 2.58 bits per heavy atom. The third-order valence-electron chi connectivity index (χ3n) is 4.87. The average molecular weight is 430 g/mol. The zero-order chi connectivity index (χ0) is 22.5. The van der Waals surface area contributed by atoms with Crippen LogP contribution in [0.25, 0.3) is 0 Å². The van der Waals surface area contributed by atoms with Gasteiger partial charge in [-0.25, -0.2) is 14.4 Å². The molecule has 3 N–H and O–H groups in total. The van der Waals surface area contributed by atoms with Gasteiger partial charge in [0, 0.05) is 56.7 Å². The van der Waals surface area contributed by atoms with Crippen molar-refractivity contribution in [3.63, 3.8) is 0 Å². The molecule has 2 aromatic rings. The summed E-state index contributed by atoms with van der Waals surface area (Å²) in [5, 5.41) is 8.57. The van der Waals surface area contributed by atoms with E-state index in [1.807, 2.05) is 4.90 Å². The monoisotopic (exact) mass is 430 g/mol. The number of nitrogen functional groups attached to an aromatic ring is 1. The van der Waals surface area contributed by atoms with Crippen LogP contribution < -0.4 is 15.4 Å². The van der Waals surface area contributed by atoms with Crippen LogP contribution in [0, 0.1) is 11.2 Å². The maximum absolute atomic E-state index is 14.2. The van der Waals surface area contributed by atoms with Gasteiger partial charge in [-0.15, -0.1) is 0 Å². The van der Waals surface area contributed by atoms with Gasteiger partial charge in [-0.1, -0.05) is 0 Å². The van der Waals surface area contributed by atoms with Gasteiger partial charge in [0.2, 0.25) is 5.91 Å². The third kappa shape index (κ3) is 5.26. The normalized spacial score (nSPS) is 14.1. The lowest BCUT2D eigenvalue weighted by Gasteiger charge is -2.35. The van der Waals surface area contributed by atoms with Gasteiger partial charge in [0.25, 0.3) is 0 Å². The summed E-state index contributed by atoms with van der Waals surface area (Å²) in [6.45, 7) is 5.96. The van der Waals surface area contributed by atoms with E-state index in [-0.39, 0.29) is 35.8 Å². The van der Waals surface area contributed by atoms with Gasteiger partial charge in [0.05, 0.1) is 17.5 Å². The molecule has 0 radical (unpaired) electrons. The van der Waals surface area contributed by atoms with Crippen molar-refractivity contribution in [3.05, 3.63) is 41.6 Å². The molecular formula is C21H27FN6O3. The number of nitrogens with two attached hydrogens (primary N) is 1. The smallest absolute Gasteiger partial charge is 0.248 e. The second-order valence-corrected chi connectivity index (χ2v) is 7.47. The van der Waals surface area contributed by atoms with Gasteiger partial charge in [-0.05, 0) is 19.9 Å². The Hall–Kier alpha value is -3.27. The Morgan fingerprint density at radius 2 is 1.94 bits per heavy atom. The molecule has 1 aromatic carbocycles. The molecule has 1 aliphatic rings. The molecule has 0 unspecified atom stereocenters. The molecule has 10 heteroatoms. The van der Waals surface area contributed by atoms with Crippen molar-refractivity contribution < 1.29 is 18.7 Å². The summed E-state index contributed by atoms with van der Waals surface area (Å²) in [6, 6.07) is 4.27. The average Bonchev–Trinajstić information content (AvgIpc) is 2.75. The highest BCUT2D eigenvalue weighted by Gasteiger charge is 2.23. The number of aromatic nitrogens is 2. The van der Waals surface area contributed by atoms with Gasteiger partial charge in [0.1, 0.15) is 18.8 Å². The lowest BCUT2D eigenvalue weighted by molar-refractivity contribution is -0.135. The van der Waals surface area contributed by atoms with Crippen molar-refractivity contribution in [1.82, 2.24) is 14.9 Å². The summed E-state index contributed by atoms with van der Waals surface area (Å²) in [4.78, 5) is 24.3. The molecule has 1 amide bonds. The lowest BCUT2D eigenvalue weighted by Crippen LogP contribution is -2.50. The van der Waals surface area contributed by atoms with E-state index < -0.39 is 5.82 Å². The van der Waals surface area contributed by atoms with E-state index in [1.54, 1.807) is 24.8 Å². The topological polar surface area (TPSA) is 118 Å². The summed E-state index contributed by atoms with van der Waals surface area (Å²) in [6.07, 6.45) is 1.16. The first-order valence-electron chi connectivity index (χ1n) is 9.98. The molecule has 1 fully saturated rings. The largest absolute Gasteiger partial charge is 0.488 e. The SMILES string of the molecule is COCC(=O)N1CCN(c2cc(C(=N)c3cc(OC(C)C)c(F)cc3N)ncn2)CC1. The molecule has 1 aromatic heterocycles. The fourth-order valence-corrected chi connectivity index (χ4v) is 3.32. The Bertz CT molecular complexity index is 960. The van der Waals surface area contributed by atoms with Crippen molar-refractivity contribution in [1.29, 1.82) is 5.41 Å². The minimum absolute atomic E-state index is 0.0371. The molecule has 9 nitrogen and oxygen atoms in total. The molecule has 0 aliphatic carbocycles. The van der Waals surface area contributed by atoms with Crippen LogP contribution in [-0.4, -0.2) is 72.5 Å². The highest BCUT2D eigenvalue weighted by molar-refractivity contribution is 6.13. The number of carbonyl (C=O) groups excluding carboxylic acids is 1. The molecule has 31 heavy (non-hydrogen) atoms. The number of nitrogens with zero attached hydrogens (tertiary/aromatic N) is 4. The third-order valence-corrected chi connectivity index (χ3v) is 4.87. The number of methoxy groups -OCH3 is 1. The van der Waals surface area contributed by atoms with E-state index in [4.69, 9.17) is 20.6 Å². The Kier molecular flexibility index (Phi) is 7.01. The van der Waals surface area contributed by atoms with E-state index in [0.717, 1.165) is 6.07 Å². The summed E-state index contributed by atoms with van der Waals surface area (Å²) in [7, 11) is 1.50. The number of amides is 1. The zero-order valence-electron chi connectivity index (χ0n) is 17.9. The molecule has 0 bridgehead atoms. The van der Waals surface area contributed by atoms with E-state index in [1.165, 1.54) is 19.5 Å². The fourth-order valence-electron chi connectivity index (χ4n) is 3.32. The molecule has 0 spiro atoms. The van der Waals surface area contributed by atoms with Gasteiger partial charge >= 0.3 is 0 Å². The van der Waals surface area contributed by atoms with Gasteiger partial charge < -0.3 is 25.0 Å². The maximum atomic E-state index is 14.2. The van der Waals surface area contributed by atoms with Gasteiger partial charge in [-0.3, -0.25) is 10.2 Å². The van der Waals surface area contributed by atoms with Crippen molar-refractivity contribution in [2.75, 3.05) is 50.5 Å². The number of nitrogens with one attached hydrogen (secondary N) is 1. The number of ether oxygens (including phenoxy) is 2. The standard InChI is InChI=1S/C21H27FN6O3/c1-13(2)31-18-8-14(16(23)9-15(18)22)21(24)17-10-19(26-12-25-17)27-4-6-28(7-5-27)20(29)11-30-3/h8-10,12-13,24H,4-7,11,23H2,1-3H3. The predicted octanol–water partition coefficient (Wildman–Crippen LogP) is 1.70. The number of halogens is 1. The summed E-state index contributed by atoms with van der Waals surface area (Å²) in [5.41, 5.74) is 6.83. The van der Waals surface area contributed by atoms with Crippen LogP contribution in [0.3, 0.4) is 0 Å².